The summed E-state index contributed by atoms with van der Waals surface area (Å²) >= 11 is 0. The van der Waals surface area contributed by atoms with Crippen LogP contribution in [0.15, 0.2) is 53.4 Å². The molecule has 1 aromatic heterocycles. The summed E-state index contributed by atoms with van der Waals surface area (Å²) in [7, 11) is -4.17. The molecule has 0 saturated heterocycles. The number of aryl methyl sites for hydroxylation is 2. The van der Waals surface area contributed by atoms with Crippen molar-refractivity contribution >= 4 is 21.9 Å². The number of aliphatic hydroxyl groups is 2. The van der Waals surface area contributed by atoms with Crippen LogP contribution in [0, 0.1) is 19.8 Å². The molecule has 1 aliphatic heterocycles. The zero-order valence-corrected chi connectivity index (χ0v) is 23.3. The molecule has 4 rings (SSSR count). The molecule has 2 atom stereocenters. The fraction of sp³-hybridized carbons (Fsp3) is 0.393. The molecule has 2 heterocycles. The first-order chi connectivity index (χ1) is 18.5. The number of hydrogen-bond donors (Lipinski definition) is 3. The van der Waals surface area contributed by atoms with E-state index in [1.54, 1.807) is 6.07 Å². The van der Waals surface area contributed by atoms with Crippen LogP contribution in [0.5, 0.6) is 5.88 Å². The summed E-state index contributed by atoms with van der Waals surface area (Å²) in [4.78, 5) is 23.8. The Morgan fingerprint density at radius 3 is 2.46 bits per heavy atom. The van der Waals surface area contributed by atoms with E-state index in [2.05, 4.69) is 14.7 Å². The third-order valence-electron chi connectivity index (χ3n) is 6.54. The number of nitrogens with zero attached hydrogens (tertiary/aromatic N) is 3. The molecule has 1 amide bonds. The maximum Gasteiger partial charge on any atom is 0.264 e. The summed E-state index contributed by atoms with van der Waals surface area (Å²) < 4.78 is 35.2. The number of aromatic nitrogens is 2. The zero-order chi connectivity index (χ0) is 28.3. The molecular formula is C28H34N4O6S. The molecule has 3 N–H and O–H groups in total. The lowest BCUT2D eigenvalue weighted by Gasteiger charge is -2.34. The van der Waals surface area contributed by atoms with Gasteiger partial charge in [-0.25, -0.2) is 18.1 Å². The number of amides is 1. The van der Waals surface area contributed by atoms with E-state index in [4.69, 9.17) is 4.74 Å². The van der Waals surface area contributed by atoms with Crippen LogP contribution in [0.25, 0.3) is 11.3 Å². The fourth-order valence-corrected chi connectivity index (χ4v) is 5.72. The zero-order valence-electron chi connectivity index (χ0n) is 22.5. The number of rotatable bonds is 6. The predicted molar refractivity (Wildman–Crippen MR) is 147 cm³/mol. The second kappa shape index (κ2) is 11.7. The first kappa shape index (κ1) is 28.5. The van der Waals surface area contributed by atoms with Gasteiger partial charge in [0.25, 0.3) is 15.9 Å². The highest BCUT2D eigenvalue weighted by atomic mass is 32.2. The van der Waals surface area contributed by atoms with Gasteiger partial charge in [-0.05, 0) is 55.5 Å². The summed E-state index contributed by atoms with van der Waals surface area (Å²) in [6.07, 6.45) is -0.656. The number of ether oxygens (including phenoxy) is 1. The number of anilines is 1. The molecule has 0 radical (unpaired) electrons. The van der Waals surface area contributed by atoms with Gasteiger partial charge in [-0.15, -0.1) is 0 Å². The molecule has 0 aliphatic carbocycles. The highest BCUT2D eigenvalue weighted by molar-refractivity contribution is 7.92. The Labute approximate surface area is 228 Å². The molecule has 0 spiro atoms. The van der Waals surface area contributed by atoms with E-state index in [0.29, 0.717) is 12.1 Å². The van der Waals surface area contributed by atoms with Crippen LogP contribution in [-0.2, 0) is 10.0 Å². The third-order valence-corrected chi connectivity index (χ3v) is 7.87. The number of fused-ring (bicyclic) bond motifs is 4. The summed E-state index contributed by atoms with van der Waals surface area (Å²) in [5.41, 5.74) is 3.34. The summed E-state index contributed by atoms with van der Waals surface area (Å²) in [6.45, 7) is 7.22. The number of carbonyl (C=O) groups excluding carboxylic acids is 1. The van der Waals surface area contributed by atoms with Gasteiger partial charge in [-0.1, -0.05) is 38.1 Å². The van der Waals surface area contributed by atoms with Crippen LogP contribution >= 0.6 is 0 Å². The molecule has 39 heavy (non-hydrogen) atoms. The number of hydrogen-bond acceptors (Lipinski definition) is 8. The highest BCUT2D eigenvalue weighted by Crippen LogP contribution is 2.30. The van der Waals surface area contributed by atoms with Crippen LogP contribution in [0.3, 0.4) is 0 Å². The molecule has 208 valence electrons. The minimum absolute atomic E-state index is 0.0250. The second-order valence-corrected chi connectivity index (χ2v) is 11.9. The van der Waals surface area contributed by atoms with E-state index in [1.165, 1.54) is 29.2 Å². The van der Waals surface area contributed by atoms with Gasteiger partial charge in [-0.3, -0.25) is 4.79 Å². The van der Waals surface area contributed by atoms with Crippen LogP contribution in [0.2, 0.25) is 0 Å². The van der Waals surface area contributed by atoms with Gasteiger partial charge in [-0.2, -0.15) is 4.98 Å². The number of sulfonamides is 1. The van der Waals surface area contributed by atoms with Crippen molar-refractivity contribution in [2.45, 2.75) is 51.2 Å². The Morgan fingerprint density at radius 2 is 1.79 bits per heavy atom. The average Bonchev–Trinajstić information content (AvgIpc) is 2.88. The predicted octanol–water partition coefficient (Wildman–Crippen LogP) is 3.16. The van der Waals surface area contributed by atoms with Crippen molar-refractivity contribution < 1.29 is 28.2 Å². The van der Waals surface area contributed by atoms with Crippen molar-refractivity contribution in [3.05, 3.63) is 65.2 Å². The normalized spacial score (nSPS) is 17.9. The Balaban J connectivity index is 1.90. The fourth-order valence-electron chi connectivity index (χ4n) is 4.73. The number of nitrogens with one attached hydrogen (secondary N) is 1. The van der Waals surface area contributed by atoms with E-state index >= 15 is 0 Å². The second-order valence-electron chi connectivity index (χ2n) is 10.2. The lowest BCUT2D eigenvalue weighted by atomic mass is 10.00. The summed E-state index contributed by atoms with van der Waals surface area (Å²) in [5, 5.41) is 19.8. The molecule has 1 aliphatic rings. The van der Waals surface area contributed by atoms with Gasteiger partial charge in [0, 0.05) is 23.7 Å². The van der Waals surface area contributed by atoms with Crippen LogP contribution < -0.4 is 9.46 Å². The molecule has 0 saturated carbocycles. The SMILES string of the molecule is Cc1cccc(C)c1-c1cc2nc(n1)NS(=O)(=O)c1cccc(c1)C(=O)N(C[C@H](O)CO)[C@H](CC(C)C)CO2. The molecule has 3 aromatic rings. The molecule has 2 aromatic carbocycles. The van der Waals surface area contributed by atoms with Crippen molar-refractivity contribution in [3.63, 3.8) is 0 Å². The van der Waals surface area contributed by atoms with Crippen molar-refractivity contribution in [1.82, 2.24) is 14.9 Å². The quantitative estimate of drug-likeness (QED) is 0.422. The topological polar surface area (TPSA) is 142 Å². The maximum absolute atomic E-state index is 13.7. The van der Waals surface area contributed by atoms with Crippen molar-refractivity contribution in [1.29, 1.82) is 0 Å². The number of benzene rings is 2. The maximum atomic E-state index is 13.7. The summed E-state index contributed by atoms with van der Waals surface area (Å²) in [6, 6.07) is 12.6. The minimum atomic E-state index is -4.17. The highest BCUT2D eigenvalue weighted by Gasteiger charge is 2.30. The number of carbonyl (C=O) groups is 1. The third kappa shape index (κ3) is 6.55. The average molecular weight is 555 g/mol. The molecule has 4 bridgehead atoms. The van der Waals surface area contributed by atoms with Gasteiger partial charge in [0.15, 0.2) is 0 Å². The van der Waals surface area contributed by atoms with Gasteiger partial charge < -0.3 is 19.8 Å². The summed E-state index contributed by atoms with van der Waals surface area (Å²) in [5.74, 6) is -0.346. The standard InChI is InChI=1S/C28H34N4O6S/c1-17(2)11-21-16-38-25-13-24(26-18(3)7-5-8-19(26)4)29-28(30-25)31-39(36,37)23-10-6-9-20(12-23)27(35)32(21)14-22(34)15-33/h5-10,12-13,17,21-22,33-34H,11,14-16H2,1-4H3,(H,29,30,31)/t21-,22+/m1/s1. The smallest absolute Gasteiger partial charge is 0.264 e. The number of β-amino-alcohol motifs (C(OH)–C–C–N with tert-alkyl or cyclic N) is 1. The van der Waals surface area contributed by atoms with Gasteiger partial charge >= 0.3 is 0 Å². The first-order valence-corrected chi connectivity index (χ1v) is 14.3. The first-order valence-electron chi connectivity index (χ1n) is 12.8. The van der Waals surface area contributed by atoms with Crippen molar-refractivity contribution in [2.75, 3.05) is 24.5 Å². The Hall–Kier alpha value is -3.54. The van der Waals surface area contributed by atoms with Gasteiger partial charge in [0.05, 0.1) is 29.3 Å². The van der Waals surface area contributed by atoms with Crippen LogP contribution in [0.1, 0.15) is 41.8 Å². The van der Waals surface area contributed by atoms with Gasteiger partial charge in [0.1, 0.15) is 6.61 Å². The van der Waals surface area contributed by atoms with E-state index in [9.17, 15) is 23.4 Å². The van der Waals surface area contributed by atoms with E-state index in [0.717, 1.165) is 16.7 Å². The molecule has 10 nitrogen and oxygen atoms in total. The lowest BCUT2D eigenvalue weighted by Crippen LogP contribution is -2.48. The van der Waals surface area contributed by atoms with Gasteiger partial charge in [0.2, 0.25) is 11.8 Å². The lowest BCUT2D eigenvalue weighted by molar-refractivity contribution is 0.0243. The molecule has 0 fully saturated rings. The molecule has 11 heteroatoms. The largest absolute Gasteiger partial charge is 0.475 e. The molecular weight excluding hydrogens is 520 g/mol. The monoisotopic (exact) mass is 554 g/mol. The van der Waals surface area contributed by atoms with E-state index in [-0.39, 0.29) is 41.4 Å². The van der Waals surface area contributed by atoms with Crippen molar-refractivity contribution in [2.24, 2.45) is 5.92 Å². The Morgan fingerprint density at radius 1 is 1.10 bits per heavy atom. The Kier molecular flexibility index (Phi) is 8.53. The van der Waals surface area contributed by atoms with Crippen molar-refractivity contribution in [3.8, 4) is 17.1 Å². The van der Waals surface area contributed by atoms with Crippen LogP contribution in [-0.4, -0.2) is 71.3 Å². The Bertz CT molecular complexity index is 1440. The van der Waals surface area contributed by atoms with Crippen LogP contribution in [0.4, 0.5) is 5.95 Å². The molecule has 0 unspecified atom stereocenters. The van der Waals surface area contributed by atoms with E-state index < -0.39 is 34.7 Å². The number of aliphatic hydroxyl groups excluding tert-OH is 2. The minimum Gasteiger partial charge on any atom is -0.475 e. The van der Waals surface area contributed by atoms with E-state index in [1.807, 2.05) is 45.9 Å².